The summed E-state index contributed by atoms with van der Waals surface area (Å²) >= 11 is 0. The summed E-state index contributed by atoms with van der Waals surface area (Å²) in [5, 5.41) is 8.49. The van der Waals surface area contributed by atoms with Gasteiger partial charge in [0, 0.05) is 23.7 Å². The molecule has 0 atom stereocenters. The standard InChI is InChI=1S/C19H19N3O3/c23-17-11-25-16-10-14(6-7-15(16)22-17)21-18(24)20-12-19(8-9-19)13-4-2-1-3-5-13/h1-7,10H,8-9,11-12H2,(H,22,23)(H2,20,21,24). The van der Waals surface area contributed by atoms with Gasteiger partial charge in [-0.05, 0) is 30.5 Å². The van der Waals surface area contributed by atoms with E-state index in [1.807, 2.05) is 18.2 Å². The van der Waals surface area contributed by atoms with Gasteiger partial charge in [0.15, 0.2) is 6.61 Å². The maximum absolute atomic E-state index is 12.2. The van der Waals surface area contributed by atoms with Gasteiger partial charge in [-0.3, -0.25) is 4.79 Å². The molecule has 0 radical (unpaired) electrons. The summed E-state index contributed by atoms with van der Waals surface area (Å²) in [6.07, 6.45) is 2.17. The van der Waals surface area contributed by atoms with Crippen LogP contribution in [0.5, 0.6) is 5.75 Å². The van der Waals surface area contributed by atoms with Crippen molar-refractivity contribution >= 4 is 23.3 Å². The molecule has 0 bridgehead atoms. The van der Waals surface area contributed by atoms with Crippen molar-refractivity contribution in [1.82, 2.24) is 5.32 Å². The van der Waals surface area contributed by atoms with Gasteiger partial charge in [-0.2, -0.15) is 0 Å². The first-order valence-corrected chi connectivity index (χ1v) is 8.32. The van der Waals surface area contributed by atoms with E-state index in [2.05, 4.69) is 28.1 Å². The molecule has 0 spiro atoms. The number of anilines is 2. The van der Waals surface area contributed by atoms with Gasteiger partial charge in [0.25, 0.3) is 5.91 Å². The van der Waals surface area contributed by atoms with E-state index >= 15 is 0 Å². The summed E-state index contributed by atoms with van der Waals surface area (Å²) in [7, 11) is 0. The van der Waals surface area contributed by atoms with Crippen molar-refractivity contribution in [2.45, 2.75) is 18.3 Å². The highest BCUT2D eigenvalue weighted by molar-refractivity contribution is 5.96. The quantitative estimate of drug-likeness (QED) is 0.802. The molecule has 1 fully saturated rings. The number of ether oxygens (including phenoxy) is 1. The minimum Gasteiger partial charge on any atom is -0.482 e. The molecule has 4 rings (SSSR count). The third-order valence-electron chi connectivity index (χ3n) is 4.70. The first-order chi connectivity index (χ1) is 12.1. The predicted octanol–water partition coefficient (Wildman–Crippen LogP) is 2.87. The van der Waals surface area contributed by atoms with Gasteiger partial charge < -0.3 is 20.7 Å². The fourth-order valence-corrected chi connectivity index (χ4v) is 3.09. The molecule has 2 aliphatic rings. The lowest BCUT2D eigenvalue weighted by atomic mass is 9.96. The lowest BCUT2D eigenvalue weighted by Crippen LogP contribution is -2.35. The average molecular weight is 337 g/mol. The molecule has 1 aliphatic carbocycles. The molecule has 128 valence electrons. The topological polar surface area (TPSA) is 79.5 Å². The Morgan fingerprint density at radius 3 is 2.72 bits per heavy atom. The normalized spacial score (nSPS) is 16.9. The van der Waals surface area contributed by atoms with Crippen LogP contribution in [0.4, 0.5) is 16.2 Å². The SMILES string of the molecule is O=C1COc2cc(NC(=O)NCC3(c4ccccc4)CC3)ccc2N1. The van der Waals surface area contributed by atoms with Crippen LogP contribution in [-0.2, 0) is 10.2 Å². The number of carbonyl (C=O) groups is 2. The second-order valence-electron chi connectivity index (χ2n) is 6.50. The summed E-state index contributed by atoms with van der Waals surface area (Å²) in [4.78, 5) is 23.5. The Kier molecular flexibility index (Phi) is 3.80. The Morgan fingerprint density at radius 2 is 1.96 bits per heavy atom. The van der Waals surface area contributed by atoms with Crippen LogP contribution < -0.4 is 20.7 Å². The molecular weight excluding hydrogens is 318 g/mol. The van der Waals surface area contributed by atoms with E-state index in [4.69, 9.17) is 4.74 Å². The van der Waals surface area contributed by atoms with E-state index in [1.54, 1.807) is 18.2 Å². The van der Waals surface area contributed by atoms with E-state index < -0.39 is 0 Å². The minimum atomic E-state index is -0.248. The number of amides is 3. The van der Waals surface area contributed by atoms with Crippen molar-refractivity contribution < 1.29 is 14.3 Å². The lowest BCUT2D eigenvalue weighted by Gasteiger charge is -2.19. The Labute approximate surface area is 145 Å². The first kappa shape index (κ1) is 15.5. The molecule has 6 heteroatoms. The van der Waals surface area contributed by atoms with E-state index in [-0.39, 0.29) is 24.0 Å². The van der Waals surface area contributed by atoms with Crippen LogP contribution in [0.25, 0.3) is 0 Å². The highest BCUT2D eigenvalue weighted by atomic mass is 16.5. The summed E-state index contributed by atoms with van der Waals surface area (Å²) in [5.41, 5.74) is 2.58. The van der Waals surface area contributed by atoms with Gasteiger partial charge >= 0.3 is 6.03 Å². The number of rotatable bonds is 4. The van der Waals surface area contributed by atoms with Crippen molar-refractivity contribution in [1.29, 1.82) is 0 Å². The number of hydrogen-bond acceptors (Lipinski definition) is 3. The van der Waals surface area contributed by atoms with Crippen LogP contribution >= 0.6 is 0 Å². The van der Waals surface area contributed by atoms with Gasteiger partial charge in [-0.25, -0.2) is 4.79 Å². The van der Waals surface area contributed by atoms with Gasteiger partial charge in [0.1, 0.15) is 5.75 Å². The maximum Gasteiger partial charge on any atom is 0.319 e. The zero-order valence-electron chi connectivity index (χ0n) is 13.7. The van der Waals surface area contributed by atoms with Crippen LogP contribution in [0.2, 0.25) is 0 Å². The Morgan fingerprint density at radius 1 is 1.16 bits per heavy atom. The fourth-order valence-electron chi connectivity index (χ4n) is 3.09. The molecule has 0 unspecified atom stereocenters. The summed E-state index contributed by atoms with van der Waals surface area (Å²) in [6, 6.07) is 15.2. The summed E-state index contributed by atoms with van der Waals surface area (Å²) < 4.78 is 5.36. The third-order valence-corrected chi connectivity index (χ3v) is 4.70. The zero-order valence-corrected chi connectivity index (χ0v) is 13.7. The molecule has 6 nitrogen and oxygen atoms in total. The van der Waals surface area contributed by atoms with Gasteiger partial charge in [-0.15, -0.1) is 0 Å². The Bertz CT molecular complexity index is 816. The van der Waals surface area contributed by atoms with Crippen LogP contribution in [0, 0.1) is 0 Å². The second kappa shape index (κ2) is 6.12. The van der Waals surface area contributed by atoms with E-state index in [0.29, 0.717) is 23.7 Å². The van der Waals surface area contributed by atoms with Gasteiger partial charge in [-0.1, -0.05) is 30.3 Å². The van der Waals surface area contributed by atoms with Crippen molar-refractivity contribution in [3.63, 3.8) is 0 Å². The third kappa shape index (κ3) is 3.28. The van der Waals surface area contributed by atoms with Crippen LogP contribution in [-0.4, -0.2) is 25.1 Å². The number of benzene rings is 2. The molecule has 0 saturated heterocycles. The summed E-state index contributed by atoms with van der Waals surface area (Å²) in [6.45, 7) is 0.600. The Hall–Kier alpha value is -3.02. The second-order valence-corrected chi connectivity index (χ2v) is 6.50. The molecule has 3 N–H and O–H groups in total. The van der Waals surface area contributed by atoms with Crippen LogP contribution in [0.15, 0.2) is 48.5 Å². The average Bonchev–Trinajstić information content (AvgIpc) is 3.42. The van der Waals surface area contributed by atoms with Gasteiger partial charge in [0.05, 0.1) is 5.69 Å². The van der Waals surface area contributed by atoms with Crippen LogP contribution in [0.3, 0.4) is 0 Å². The first-order valence-electron chi connectivity index (χ1n) is 8.32. The fraction of sp³-hybridized carbons (Fsp3) is 0.263. The van der Waals surface area contributed by atoms with E-state index in [9.17, 15) is 9.59 Å². The number of fused-ring (bicyclic) bond motifs is 1. The van der Waals surface area contributed by atoms with Crippen molar-refractivity contribution in [3.05, 3.63) is 54.1 Å². The molecule has 1 saturated carbocycles. The Balaban J connectivity index is 1.36. The molecule has 25 heavy (non-hydrogen) atoms. The maximum atomic E-state index is 12.2. The van der Waals surface area contributed by atoms with E-state index in [1.165, 1.54) is 5.56 Å². The lowest BCUT2D eigenvalue weighted by molar-refractivity contribution is -0.118. The zero-order chi connectivity index (χ0) is 17.3. The van der Waals surface area contributed by atoms with Crippen LogP contribution in [0.1, 0.15) is 18.4 Å². The number of nitrogens with one attached hydrogen (secondary N) is 3. The molecule has 2 aromatic carbocycles. The number of carbonyl (C=O) groups excluding carboxylic acids is 2. The summed E-state index contributed by atoms with van der Waals surface area (Å²) in [5.74, 6) is 0.377. The molecule has 1 heterocycles. The molecule has 0 aromatic heterocycles. The smallest absolute Gasteiger partial charge is 0.319 e. The number of urea groups is 1. The van der Waals surface area contributed by atoms with Crippen molar-refractivity contribution in [2.24, 2.45) is 0 Å². The highest BCUT2D eigenvalue weighted by Gasteiger charge is 2.44. The molecular formula is C19H19N3O3. The molecule has 2 aromatic rings. The van der Waals surface area contributed by atoms with Gasteiger partial charge in [0.2, 0.25) is 0 Å². The highest BCUT2D eigenvalue weighted by Crippen LogP contribution is 2.47. The molecule has 1 aliphatic heterocycles. The van der Waals surface area contributed by atoms with Crippen molar-refractivity contribution in [2.75, 3.05) is 23.8 Å². The molecule has 3 amide bonds. The number of hydrogen-bond donors (Lipinski definition) is 3. The van der Waals surface area contributed by atoms with E-state index in [0.717, 1.165) is 12.8 Å². The van der Waals surface area contributed by atoms with Crippen molar-refractivity contribution in [3.8, 4) is 5.75 Å². The minimum absolute atomic E-state index is 0.0117. The monoisotopic (exact) mass is 337 g/mol. The predicted molar refractivity (Wildman–Crippen MR) is 94.9 cm³/mol. The largest absolute Gasteiger partial charge is 0.482 e.